The molecule has 1 aliphatic rings. The summed E-state index contributed by atoms with van der Waals surface area (Å²) >= 11 is 0. The third-order valence-electron chi connectivity index (χ3n) is 10.3. The van der Waals surface area contributed by atoms with Crippen molar-refractivity contribution in [3.05, 3.63) is 88.0 Å². The lowest BCUT2D eigenvalue weighted by Gasteiger charge is -2.37. The molecule has 0 saturated carbocycles. The van der Waals surface area contributed by atoms with Crippen LogP contribution in [0.2, 0.25) is 0 Å². The second-order valence-corrected chi connectivity index (χ2v) is 14.2. The Balaban J connectivity index is 1.55. The molecule has 0 radical (unpaired) electrons. The topological polar surface area (TPSA) is 91.4 Å². The van der Waals surface area contributed by atoms with E-state index in [9.17, 15) is 14.4 Å². The summed E-state index contributed by atoms with van der Waals surface area (Å²) in [7, 11) is 3.20. The van der Waals surface area contributed by atoms with E-state index in [-0.39, 0.29) is 18.3 Å². The van der Waals surface area contributed by atoms with E-state index >= 15 is 0 Å². The Morgan fingerprint density at radius 1 is 0.846 bits per heavy atom. The number of hydrogen-bond donors (Lipinski definition) is 0. The van der Waals surface area contributed by atoms with Crippen molar-refractivity contribution in [3.8, 4) is 17.2 Å². The maximum atomic E-state index is 14.3. The van der Waals surface area contributed by atoms with Gasteiger partial charge in [-0.1, -0.05) is 69.5 Å². The summed E-state index contributed by atoms with van der Waals surface area (Å²) in [6, 6.07) is 17.1. The van der Waals surface area contributed by atoms with E-state index in [0.717, 1.165) is 60.8 Å². The van der Waals surface area contributed by atoms with Crippen LogP contribution in [-0.4, -0.2) is 56.0 Å². The Bertz CT molecular complexity index is 1650. The van der Waals surface area contributed by atoms with Gasteiger partial charge in [-0.25, -0.2) is 4.79 Å². The van der Waals surface area contributed by atoms with Crippen LogP contribution in [0.1, 0.15) is 123 Å². The smallest absolute Gasteiger partial charge is 0.329 e. The van der Waals surface area contributed by atoms with Crippen molar-refractivity contribution in [2.45, 2.75) is 123 Å². The normalized spacial score (nSPS) is 15.4. The fourth-order valence-electron chi connectivity index (χ4n) is 7.14. The van der Waals surface area contributed by atoms with E-state index in [1.165, 1.54) is 11.1 Å². The average molecular weight is 714 g/mol. The number of ether oxygens (including phenoxy) is 4. The summed E-state index contributed by atoms with van der Waals surface area (Å²) in [6.07, 6.45) is 8.13. The minimum atomic E-state index is -0.689. The van der Waals surface area contributed by atoms with Crippen LogP contribution in [0.3, 0.4) is 0 Å². The lowest BCUT2D eigenvalue weighted by molar-refractivity contribution is -0.162. The summed E-state index contributed by atoms with van der Waals surface area (Å²) in [4.78, 5) is 42.8. The van der Waals surface area contributed by atoms with E-state index in [2.05, 4.69) is 39.0 Å². The van der Waals surface area contributed by atoms with Gasteiger partial charge in [0.05, 0.1) is 20.1 Å². The zero-order chi connectivity index (χ0) is 37.6. The highest BCUT2D eigenvalue weighted by Gasteiger charge is 2.38. The van der Waals surface area contributed by atoms with Crippen molar-refractivity contribution in [2.24, 2.45) is 0 Å². The molecule has 0 unspecified atom stereocenters. The van der Waals surface area contributed by atoms with E-state index in [1.54, 1.807) is 19.1 Å². The van der Waals surface area contributed by atoms with Crippen molar-refractivity contribution in [3.63, 3.8) is 0 Å². The molecule has 3 aromatic rings. The van der Waals surface area contributed by atoms with Gasteiger partial charge in [0.15, 0.2) is 17.3 Å². The number of Topliss-reactive ketones (excluding diaryl/α,β-unsaturated/α-hetero) is 1. The van der Waals surface area contributed by atoms with Gasteiger partial charge in [-0.3, -0.25) is 9.59 Å². The molecule has 0 spiro atoms. The number of piperidine rings is 1. The Kier molecular flexibility index (Phi) is 15.6. The molecular formula is C44H59NO7. The lowest BCUT2D eigenvalue weighted by Crippen LogP contribution is -2.50. The van der Waals surface area contributed by atoms with E-state index in [1.807, 2.05) is 50.2 Å². The third-order valence-corrected chi connectivity index (χ3v) is 10.3. The zero-order valence-electron chi connectivity index (χ0n) is 32.4. The second-order valence-electron chi connectivity index (χ2n) is 14.2. The summed E-state index contributed by atoms with van der Waals surface area (Å²) in [5, 5.41) is 0. The summed E-state index contributed by atoms with van der Waals surface area (Å²) < 4.78 is 23.5. The number of ketones is 1. The number of carbonyl (C=O) groups excluding carboxylic acids is 3. The van der Waals surface area contributed by atoms with Crippen molar-refractivity contribution in [1.82, 2.24) is 4.90 Å². The fourth-order valence-corrected chi connectivity index (χ4v) is 7.14. The molecule has 0 bridgehead atoms. The Labute approximate surface area is 311 Å². The van der Waals surface area contributed by atoms with Gasteiger partial charge in [-0.15, -0.1) is 0 Å². The number of methoxy groups -OCH3 is 2. The fraction of sp³-hybridized carbons (Fsp3) is 0.523. The Morgan fingerprint density at radius 2 is 1.65 bits per heavy atom. The van der Waals surface area contributed by atoms with Crippen LogP contribution in [-0.2, 0) is 25.5 Å². The van der Waals surface area contributed by atoms with Crippen LogP contribution in [0, 0.1) is 20.8 Å². The Morgan fingerprint density at radius 3 is 2.37 bits per heavy atom. The largest absolute Gasteiger partial charge is 0.493 e. The van der Waals surface area contributed by atoms with Crippen LogP contribution in [0.5, 0.6) is 17.2 Å². The maximum absolute atomic E-state index is 14.3. The molecule has 0 aromatic heterocycles. The molecule has 282 valence electrons. The molecule has 1 fully saturated rings. The number of nitrogens with zero attached hydrogens (tertiary/aromatic N) is 1. The predicted octanol–water partition coefficient (Wildman–Crippen LogP) is 9.34. The van der Waals surface area contributed by atoms with Crippen molar-refractivity contribution < 1.29 is 33.3 Å². The molecule has 1 amide bonds. The van der Waals surface area contributed by atoms with Crippen molar-refractivity contribution >= 4 is 17.7 Å². The van der Waals surface area contributed by atoms with Crippen molar-refractivity contribution in [1.29, 1.82) is 0 Å². The van der Waals surface area contributed by atoms with Crippen molar-refractivity contribution in [2.75, 3.05) is 27.4 Å². The minimum Gasteiger partial charge on any atom is -0.493 e. The quantitative estimate of drug-likeness (QED) is 0.0903. The lowest BCUT2D eigenvalue weighted by atomic mass is 9.91. The number of aryl methyl sites for hydroxylation is 4. The van der Waals surface area contributed by atoms with Crippen LogP contribution in [0.4, 0.5) is 0 Å². The van der Waals surface area contributed by atoms with Gasteiger partial charge < -0.3 is 23.8 Å². The maximum Gasteiger partial charge on any atom is 0.329 e. The van der Waals surface area contributed by atoms with Gasteiger partial charge in [-0.2, -0.15) is 0 Å². The molecule has 4 rings (SSSR count). The van der Waals surface area contributed by atoms with Gasteiger partial charge in [0.25, 0.3) is 0 Å². The molecule has 0 aliphatic carbocycles. The number of rotatable bonds is 19. The number of likely N-dealkylation sites (tertiary alicyclic amines) is 1. The van der Waals surface area contributed by atoms with Crippen LogP contribution >= 0.6 is 0 Å². The van der Waals surface area contributed by atoms with Crippen LogP contribution in [0.15, 0.2) is 54.6 Å². The standard InChI is InChI=1S/C44H59NO7/c1-8-10-11-12-17-36(46)29-51-37-18-15-16-34(27-37)40(23-22-33-21-20-30(3)31(4)25-33)52-44(48)39-19-13-14-24-45(39)43(47)38(9-2)35-26-32(5)42(50-7)41(28-35)49-6/h15-16,18,20-21,25-28,38-40H,8-14,17,19,22-24,29H2,1-7H3/t38-,39-,40+/m0/s1. The Hall–Kier alpha value is -4.33. The minimum absolute atomic E-state index is 0.0139. The highest BCUT2D eigenvalue weighted by molar-refractivity contribution is 5.89. The molecular weight excluding hydrogens is 654 g/mol. The van der Waals surface area contributed by atoms with Crippen LogP contribution < -0.4 is 14.2 Å². The molecule has 1 aliphatic heterocycles. The molecule has 1 saturated heterocycles. The first-order chi connectivity index (χ1) is 25.1. The summed E-state index contributed by atoms with van der Waals surface area (Å²) in [5.41, 5.74) is 6.12. The number of hydrogen-bond acceptors (Lipinski definition) is 7. The monoisotopic (exact) mass is 713 g/mol. The highest BCUT2D eigenvalue weighted by Crippen LogP contribution is 2.37. The van der Waals surface area contributed by atoms with E-state index in [0.29, 0.717) is 55.9 Å². The summed E-state index contributed by atoms with van der Waals surface area (Å²) in [5.74, 6) is 0.931. The molecule has 52 heavy (non-hydrogen) atoms. The molecule has 8 heteroatoms. The summed E-state index contributed by atoms with van der Waals surface area (Å²) in [6.45, 7) is 10.8. The number of esters is 1. The number of carbonyl (C=O) groups is 3. The molecule has 3 atom stereocenters. The molecule has 3 aromatic carbocycles. The van der Waals surface area contributed by atoms with Crippen LogP contribution in [0.25, 0.3) is 0 Å². The number of benzene rings is 3. The molecule has 1 heterocycles. The van der Waals surface area contributed by atoms with Gasteiger partial charge in [-0.05, 0) is 117 Å². The van der Waals surface area contributed by atoms with Gasteiger partial charge >= 0.3 is 5.97 Å². The first-order valence-corrected chi connectivity index (χ1v) is 19.1. The first-order valence-electron chi connectivity index (χ1n) is 19.1. The average Bonchev–Trinajstić information content (AvgIpc) is 3.15. The zero-order valence-corrected chi connectivity index (χ0v) is 32.4. The highest BCUT2D eigenvalue weighted by atomic mass is 16.5. The number of amides is 1. The van der Waals surface area contributed by atoms with E-state index in [4.69, 9.17) is 18.9 Å². The molecule has 0 N–H and O–H groups in total. The van der Waals surface area contributed by atoms with E-state index < -0.39 is 24.0 Å². The number of unbranched alkanes of at least 4 members (excludes halogenated alkanes) is 3. The van der Waals surface area contributed by atoms with Gasteiger partial charge in [0, 0.05) is 13.0 Å². The SMILES string of the molecule is CCCCCCC(=O)COc1cccc([C@@H](CCc2ccc(C)c(C)c2)OC(=O)[C@@H]2CCCCN2C(=O)[C@@H](CC)c2cc(C)c(OC)c(OC)c2)c1. The van der Waals surface area contributed by atoms with Gasteiger partial charge in [0.2, 0.25) is 5.91 Å². The first kappa shape index (κ1) is 40.4. The van der Waals surface area contributed by atoms with Gasteiger partial charge in [0.1, 0.15) is 24.5 Å². The third kappa shape index (κ3) is 10.8. The second kappa shape index (κ2) is 20.1. The predicted molar refractivity (Wildman–Crippen MR) is 205 cm³/mol. The molecule has 8 nitrogen and oxygen atoms in total.